The van der Waals surface area contributed by atoms with Crippen LogP contribution in [-0.2, 0) is 0 Å². The van der Waals surface area contributed by atoms with Gasteiger partial charge in [-0.15, -0.1) is 0 Å². The van der Waals surface area contributed by atoms with Crippen LogP contribution in [0.3, 0.4) is 0 Å². The Hall–Kier alpha value is -0.890. The number of halogens is 1. The summed E-state index contributed by atoms with van der Waals surface area (Å²) >= 11 is 0. The minimum atomic E-state index is -0.899. The van der Waals surface area contributed by atoms with Crippen LogP contribution in [0, 0.1) is 6.92 Å². The molecule has 1 nitrogen and oxygen atoms in total. The average Bonchev–Trinajstić information content (AvgIpc) is 2.84. The molecule has 1 unspecified atom stereocenters. The van der Waals surface area contributed by atoms with Crippen LogP contribution >= 0.6 is 0 Å². The molecule has 2 N–H and O–H groups in total. The van der Waals surface area contributed by atoms with E-state index in [0.717, 1.165) is 24.0 Å². The third-order valence-electron chi connectivity index (χ3n) is 3.00. The number of alkyl halides is 1. The SMILES string of the molecule is Cc1ccccc1C(F)CC1(N)CC1. The zero-order valence-corrected chi connectivity index (χ0v) is 8.46. The van der Waals surface area contributed by atoms with Crippen molar-refractivity contribution in [3.8, 4) is 0 Å². The first-order valence-corrected chi connectivity index (χ1v) is 5.09. The Bertz CT molecular complexity index is 331. The van der Waals surface area contributed by atoms with Crippen LogP contribution in [0.4, 0.5) is 4.39 Å². The fraction of sp³-hybridized carbons (Fsp3) is 0.500. The van der Waals surface area contributed by atoms with Gasteiger partial charge in [0, 0.05) is 12.0 Å². The van der Waals surface area contributed by atoms with Crippen molar-refractivity contribution in [2.75, 3.05) is 0 Å². The summed E-state index contributed by atoms with van der Waals surface area (Å²) in [6.45, 7) is 1.94. The van der Waals surface area contributed by atoms with Crippen LogP contribution in [0.2, 0.25) is 0 Å². The Kier molecular flexibility index (Phi) is 2.31. The Balaban J connectivity index is 2.10. The van der Waals surface area contributed by atoms with Gasteiger partial charge in [0.1, 0.15) is 6.17 Å². The highest BCUT2D eigenvalue weighted by Crippen LogP contribution is 2.41. The zero-order valence-electron chi connectivity index (χ0n) is 8.46. The fourth-order valence-electron chi connectivity index (χ4n) is 1.77. The van der Waals surface area contributed by atoms with Crippen molar-refractivity contribution in [3.05, 3.63) is 35.4 Å². The van der Waals surface area contributed by atoms with Gasteiger partial charge < -0.3 is 5.73 Å². The molecule has 0 radical (unpaired) electrons. The third kappa shape index (κ3) is 1.95. The summed E-state index contributed by atoms with van der Waals surface area (Å²) in [4.78, 5) is 0. The van der Waals surface area contributed by atoms with E-state index in [1.807, 2.05) is 31.2 Å². The highest BCUT2D eigenvalue weighted by Gasteiger charge is 2.40. The first-order chi connectivity index (χ1) is 6.61. The summed E-state index contributed by atoms with van der Waals surface area (Å²) in [5, 5.41) is 0. The van der Waals surface area contributed by atoms with Gasteiger partial charge in [-0.2, -0.15) is 0 Å². The van der Waals surface area contributed by atoms with Gasteiger partial charge in [0.2, 0.25) is 0 Å². The lowest BCUT2D eigenvalue weighted by Crippen LogP contribution is -2.23. The molecule has 1 fully saturated rings. The molecule has 1 aliphatic carbocycles. The standard InChI is InChI=1S/C12H16FN/c1-9-4-2-3-5-10(9)11(13)8-12(14)6-7-12/h2-5,11H,6-8,14H2,1H3. The Morgan fingerprint density at radius 3 is 2.64 bits per heavy atom. The molecule has 76 valence electrons. The molecule has 1 aliphatic rings. The van der Waals surface area contributed by atoms with Gasteiger partial charge in [-0.25, -0.2) is 4.39 Å². The molecule has 1 atom stereocenters. The van der Waals surface area contributed by atoms with Gasteiger partial charge in [0.15, 0.2) is 0 Å². The normalized spacial score (nSPS) is 20.5. The van der Waals surface area contributed by atoms with Crippen LogP contribution in [0.5, 0.6) is 0 Å². The maximum absolute atomic E-state index is 13.9. The van der Waals surface area contributed by atoms with Gasteiger partial charge >= 0.3 is 0 Å². The second kappa shape index (κ2) is 3.35. The molecule has 0 aliphatic heterocycles. The van der Waals surface area contributed by atoms with E-state index < -0.39 is 6.17 Å². The van der Waals surface area contributed by atoms with Crippen molar-refractivity contribution in [1.82, 2.24) is 0 Å². The summed E-state index contributed by atoms with van der Waals surface area (Å²) in [5.74, 6) is 0. The smallest absolute Gasteiger partial charge is 0.127 e. The molecular weight excluding hydrogens is 177 g/mol. The van der Waals surface area contributed by atoms with E-state index >= 15 is 0 Å². The Morgan fingerprint density at radius 1 is 1.43 bits per heavy atom. The van der Waals surface area contributed by atoms with Crippen molar-refractivity contribution >= 4 is 0 Å². The molecule has 1 aromatic carbocycles. The van der Waals surface area contributed by atoms with Crippen LogP contribution in [0.15, 0.2) is 24.3 Å². The summed E-state index contributed by atoms with van der Waals surface area (Å²) in [6.07, 6.45) is 1.51. The Morgan fingerprint density at radius 2 is 2.07 bits per heavy atom. The average molecular weight is 193 g/mol. The maximum atomic E-state index is 13.9. The predicted molar refractivity (Wildman–Crippen MR) is 55.8 cm³/mol. The molecular formula is C12H16FN. The van der Waals surface area contributed by atoms with Crippen LogP contribution in [0.1, 0.15) is 36.6 Å². The van der Waals surface area contributed by atoms with E-state index in [4.69, 9.17) is 5.73 Å². The van der Waals surface area contributed by atoms with Crippen molar-refractivity contribution in [1.29, 1.82) is 0 Å². The van der Waals surface area contributed by atoms with Crippen molar-refractivity contribution < 1.29 is 4.39 Å². The lowest BCUT2D eigenvalue weighted by molar-refractivity contribution is 0.294. The van der Waals surface area contributed by atoms with E-state index in [2.05, 4.69) is 0 Å². The minimum Gasteiger partial charge on any atom is -0.325 e. The summed E-state index contributed by atoms with van der Waals surface area (Å²) < 4.78 is 13.9. The molecule has 0 bridgehead atoms. The number of hydrogen-bond donors (Lipinski definition) is 1. The maximum Gasteiger partial charge on any atom is 0.127 e. The molecule has 14 heavy (non-hydrogen) atoms. The second-order valence-electron chi connectivity index (χ2n) is 4.39. The molecule has 1 aromatic rings. The fourth-order valence-corrected chi connectivity index (χ4v) is 1.77. The van der Waals surface area contributed by atoms with Gasteiger partial charge in [0.05, 0.1) is 0 Å². The third-order valence-corrected chi connectivity index (χ3v) is 3.00. The number of nitrogens with two attached hydrogens (primary N) is 1. The van der Waals surface area contributed by atoms with Crippen molar-refractivity contribution in [3.63, 3.8) is 0 Å². The molecule has 0 spiro atoms. The van der Waals surface area contributed by atoms with Crippen molar-refractivity contribution in [2.24, 2.45) is 5.73 Å². The van der Waals surface area contributed by atoms with E-state index in [9.17, 15) is 4.39 Å². The van der Waals surface area contributed by atoms with E-state index in [-0.39, 0.29) is 5.54 Å². The number of aryl methyl sites for hydroxylation is 1. The van der Waals surface area contributed by atoms with Crippen LogP contribution in [-0.4, -0.2) is 5.54 Å². The van der Waals surface area contributed by atoms with Crippen molar-refractivity contribution in [2.45, 2.75) is 37.9 Å². The molecule has 0 heterocycles. The first kappa shape index (κ1) is 9.66. The number of rotatable bonds is 3. The van der Waals surface area contributed by atoms with E-state index in [1.54, 1.807) is 0 Å². The summed E-state index contributed by atoms with van der Waals surface area (Å²) in [5.41, 5.74) is 7.50. The van der Waals surface area contributed by atoms with E-state index in [0.29, 0.717) is 6.42 Å². The molecule has 0 saturated heterocycles. The van der Waals surface area contributed by atoms with Gasteiger partial charge in [-0.1, -0.05) is 24.3 Å². The lowest BCUT2D eigenvalue weighted by atomic mass is 9.98. The van der Waals surface area contributed by atoms with Crippen LogP contribution < -0.4 is 5.73 Å². The molecule has 2 heteroatoms. The molecule has 0 amide bonds. The topological polar surface area (TPSA) is 26.0 Å². The summed E-state index contributed by atoms with van der Waals surface area (Å²) in [7, 11) is 0. The highest BCUT2D eigenvalue weighted by atomic mass is 19.1. The monoisotopic (exact) mass is 193 g/mol. The molecule has 2 rings (SSSR count). The van der Waals surface area contributed by atoms with Gasteiger partial charge in [-0.3, -0.25) is 0 Å². The largest absolute Gasteiger partial charge is 0.325 e. The highest BCUT2D eigenvalue weighted by molar-refractivity contribution is 5.28. The number of benzene rings is 1. The minimum absolute atomic E-state index is 0.207. The van der Waals surface area contributed by atoms with Gasteiger partial charge in [-0.05, 0) is 30.9 Å². The first-order valence-electron chi connectivity index (χ1n) is 5.09. The Labute approximate surface area is 84.1 Å². The number of hydrogen-bond acceptors (Lipinski definition) is 1. The zero-order chi connectivity index (χ0) is 10.2. The van der Waals surface area contributed by atoms with Gasteiger partial charge in [0.25, 0.3) is 0 Å². The second-order valence-corrected chi connectivity index (χ2v) is 4.39. The summed E-state index contributed by atoms with van der Waals surface area (Å²) in [6, 6.07) is 7.61. The predicted octanol–water partition coefficient (Wildman–Crippen LogP) is 2.89. The van der Waals surface area contributed by atoms with Crippen LogP contribution in [0.25, 0.3) is 0 Å². The molecule has 1 saturated carbocycles. The lowest BCUT2D eigenvalue weighted by Gasteiger charge is -2.15. The quantitative estimate of drug-likeness (QED) is 0.784. The van der Waals surface area contributed by atoms with E-state index in [1.165, 1.54) is 0 Å². The molecule has 0 aromatic heterocycles.